The molecule has 0 unspecified atom stereocenters. The van der Waals surface area contributed by atoms with Gasteiger partial charge in [0.2, 0.25) is 10.0 Å². The van der Waals surface area contributed by atoms with Crippen LogP contribution in [0.1, 0.15) is 10.4 Å². The molecular weight excluding hydrogens is 512 g/mol. The predicted octanol–water partition coefficient (Wildman–Crippen LogP) is 4.95. The topological polar surface area (TPSA) is 84.4 Å². The smallest absolute Gasteiger partial charge is 0.243 e. The fraction of sp³-hybridized carbons (Fsp3) is 0.182. The first kappa shape index (κ1) is 21.3. The monoisotopic (exact) mass is 530 g/mol. The Labute approximate surface area is 198 Å². The molecule has 0 saturated carbocycles. The summed E-state index contributed by atoms with van der Waals surface area (Å²) in [5.74, 6) is 1.36. The van der Waals surface area contributed by atoms with E-state index in [1.54, 1.807) is 31.4 Å². The average Bonchev–Trinajstić information content (AvgIpc) is 3.19. The molecule has 1 N–H and O–H groups in total. The summed E-state index contributed by atoms with van der Waals surface area (Å²) in [5.41, 5.74) is 2.04. The first-order valence-electron chi connectivity index (χ1n) is 9.88. The molecular formula is C22H19BrN4O3S2. The van der Waals surface area contributed by atoms with Crippen LogP contribution in [0.3, 0.4) is 0 Å². The fourth-order valence-electron chi connectivity index (χ4n) is 3.77. The Bertz CT molecular complexity index is 1390. The molecule has 32 heavy (non-hydrogen) atoms. The third-order valence-electron chi connectivity index (χ3n) is 5.41. The number of sulfonamides is 1. The van der Waals surface area contributed by atoms with Crippen molar-refractivity contribution in [2.75, 3.05) is 19.0 Å². The van der Waals surface area contributed by atoms with E-state index in [4.69, 9.17) is 4.74 Å². The van der Waals surface area contributed by atoms with Gasteiger partial charge in [0.15, 0.2) is 0 Å². The zero-order valence-electron chi connectivity index (χ0n) is 17.1. The molecule has 5 rings (SSSR count). The first-order valence-corrected chi connectivity index (χ1v) is 12.9. The Kier molecular flexibility index (Phi) is 5.62. The molecule has 164 valence electrons. The van der Waals surface area contributed by atoms with Gasteiger partial charge in [-0.3, -0.25) is 0 Å². The van der Waals surface area contributed by atoms with Gasteiger partial charge < -0.3 is 10.1 Å². The van der Waals surface area contributed by atoms with E-state index in [2.05, 4.69) is 31.2 Å². The maximum atomic E-state index is 13.2. The molecule has 0 fully saturated rings. The van der Waals surface area contributed by atoms with E-state index >= 15 is 0 Å². The number of rotatable bonds is 5. The summed E-state index contributed by atoms with van der Waals surface area (Å²) in [6.07, 6.45) is 2.14. The van der Waals surface area contributed by atoms with Gasteiger partial charge in [-0.15, -0.1) is 11.3 Å². The third-order valence-corrected chi connectivity index (χ3v) is 8.92. The van der Waals surface area contributed by atoms with Crippen LogP contribution in [0, 0.1) is 0 Å². The van der Waals surface area contributed by atoms with Crippen LogP contribution in [0.15, 0.2) is 64.2 Å². The van der Waals surface area contributed by atoms with E-state index in [-0.39, 0.29) is 4.90 Å². The molecule has 0 atom stereocenters. The van der Waals surface area contributed by atoms with Crippen LogP contribution in [0.25, 0.3) is 10.2 Å². The summed E-state index contributed by atoms with van der Waals surface area (Å²) < 4.78 is 34.1. The highest BCUT2D eigenvalue weighted by Crippen LogP contribution is 2.39. The zero-order valence-corrected chi connectivity index (χ0v) is 20.3. The van der Waals surface area contributed by atoms with Crippen LogP contribution >= 0.6 is 27.3 Å². The van der Waals surface area contributed by atoms with Crippen molar-refractivity contribution in [3.8, 4) is 5.75 Å². The van der Waals surface area contributed by atoms with Gasteiger partial charge in [-0.2, -0.15) is 4.31 Å². The molecule has 0 radical (unpaired) electrons. The molecule has 4 aromatic rings. The number of nitrogens with zero attached hydrogens (tertiary/aromatic N) is 3. The molecule has 2 aromatic heterocycles. The Morgan fingerprint density at radius 2 is 1.84 bits per heavy atom. The molecule has 0 saturated heterocycles. The molecule has 0 amide bonds. The second-order valence-electron chi connectivity index (χ2n) is 7.30. The van der Waals surface area contributed by atoms with Crippen molar-refractivity contribution >= 4 is 59.0 Å². The van der Waals surface area contributed by atoms with Crippen molar-refractivity contribution in [3.63, 3.8) is 0 Å². The molecule has 7 nitrogen and oxygen atoms in total. The number of aromatic nitrogens is 2. The Morgan fingerprint density at radius 3 is 2.56 bits per heavy atom. The standard InChI is InChI=1S/C22H19BrN4O3S2/c1-30-16-6-8-17(9-7-16)32(28,29)27-11-10-18-19(12-27)31-22-20(18)21(24-13-25-22)26-15-4-2-14(23)3-5-15/h2-9,13H,10-12H2,1H3,(H,24,25,26). The molecule has 0 spiro atoms. The average molecular weight is 531 g/mol. The van der Waals surface area contributed by atoms with E-state index in [1.807, 2.05) is 24.3 Å². The van der Waals surface area contributed by atoms with Crippen molar-refractivity contribution in [2.24, 2.45) is 0 Å². The summed E-state index contributed by atoms with van der Waals surface area (Å²) in [7, 11) is -2.05. The molecule has 0 bridgehead atoms. The van der Waals surface area contributed by atoms with E-state index in [9.17, 15) is 8.42 Å². The summed E-state index contributed by atoms with van der Waals surface area (Å²) in [6.45, 7) is 0.724. The Hall–Kier alpha value is -2.53. The lowest BCUT2D eigenvalue weighted by atomic mass is 10.1. The Balaban J connectivity index is 1.46. The molecule has 3 heterocycles. The number of hydrogen-bond donors (Lipinski definition) is 1. The number of halogens is 1. The van der Waals surface area contributed by atoms with E-state index in [1.165, 1.54) is 22.0 Å². The van der Waals surface area contributed by atoms with Gasteiger partial charge in [-0.1, -0.05) is 15.9 Å². The maximum absolute atomic E-state index is 13.2. The van der Waals surface area contributed by atoms with Crippen molar-refractivity contribution < 1.29 is 13.2 Å². The lowest BCUT2D eigenvalue weighted by molar-refractivity contribution is 0.396. The first-order chi connectivity index (χ1) is 15.5. The van der Waals surface area contributed by atoms with Crippen molar-refractivity contribution in [3.05, 3.63) is 69.8 Å². The van der Waals surface area contributed by atoms with Crippen molar-refractivity contribution in [1.29, 1.82) is 0 Å². The second kappa shape index (κ2) is 8.43. The van der Waals surface area contributed by atoms with Gasteiger partial charge >= 0.3 is 0 Å². The SMILES string of the molecule is COc1ccc(S(=O)(=O)N2CCc3c(sc4ncnc(Nc5ccc(Br)cc5)c34)C2)cc1. The summed E-state index contributed by atoms with van der Waals surface area (Å²) >= 11 is 4.97. The summed E-state index contributed by atoms with van der Waals surface area (Å²) in [4.78, 5) is 11.0. The fourth-order valence-corrected chi connectivity index (χ4v) is 6.73. The highest BCUT2D eigenvalue weighted by molar-refractivity contribution is 9.10. The molecule has 2 aromatic carbocycles. The normalized spacial score (nSPS) is 14.3. The van der Waals surface area contributed by atoms with Gasteiger partial charge in [0.05, 0.1) is 17.4 Å². The molecule has 1 aliphatic heterocycles. The van der Waals surface area contributed by atoms with Crippen LogP contribution in [0.5, 0.6) is 5.75 Å². The number of ether oxygens (including phenoxy) is 1. The van der Waals surface area contributed by atoms with Gasteiger partial charge in [-0.25, -0.2) is 18.4 Å². The Morgan fingerprint density at radius 1 is 1.09 bits per heavy atom. The minimum Gasteiger partial charge on any atom is -0.497 e. The van der Waals surface area contributed by atoms with Crippen LogP contribution in [-0.4, -0.2) is 36.3 Å². The van der Waals surface area contributed by atoms with E-state index in [0.717, 1.165) is 36.6 Å². The lowest BCUT2D eigenvalue weighted by Crippen LogP contribution is -2.35. The maximum Gasteiger partial charge on any atom is 0.243 e. The van der Waals surface area contributed by atoms with Gasteiger partial charge in [0.25, 0.3) is 0 Å². The summed E-state index contributed by atoms with van der Waals surface area (Å²) in [6, 6.07) is 14.4. The lowest BCUT2D eigenvalue weighted by Gasteiger charge is -2.26. The van der Waals surface area contributed by atoms with Crippen LogP contribution < -0.4 is 10.1 Å². The second-order valence-corrected chi connectivity index (χ2v) is 11.2. The largest absolute Gasteiger partial charge is 0.497 e. The predicted molar refractivity (Wildman–Crippen MR) is 129 cm³/mol. The van der Waals surface area contributed by atoms with Gasteiger partial charge in [0, 0.05) is 28.1 Å². The van der Waals surface area contributed by atoms with Crippen molar-refractivity contribution in [2.45, 2.75) is 17.9 Å². The van der Waals surface area contributed by atoms with Crippen molar-refractivity contribution in [1.82, 2.24) is 14.3 Å². The number of hydrogen-bond acceptors (Lipinski definition) is 7. The molecule has 10 heteroatoms. The van der Waals surface area contributed by atoms with Gasteiger partial charge in [0.1, 0.15) is 22.7 Å². The van der Waals surface area contributed by atoms with Crippen LogP contribution in [0.2, 0.25) is 0 Å². The number of methoxy groups -OCH3 is 1. The van der Waals surface area contributed by atoms with Crippen LogP contribution in [0.4, 0.5) is 11.5 Å². The minimum absolute atomic E-state index is 0.264. The molecule has 1 aliphatic rings. The van der Waals surface area contributed by atoms with Gasteiger partial charge in [-0.05, 0) is 60.5 Å². The van der Waals surface area contributed by atoms with E-state index < -0.39 is 10.0 Å². The third kappa shape index (κ3) is 3.88. The van der Waals surface area contributed by atoms with Crippen LogP contribution in [-0.2, 0) is 23.0 Å². The zero-order chi connectivity index (χ0) is 22.3. The number of fused-ring (bicyclic) bond motifs is 3. The number of thiophene rings is 1. The molecule has 0 aliphatic carbocycles. The van der Waals surface area contributed by atoms with E-state index in [0.29, 0.717) is 25.3 Å². The highest BCUT2D eigenvalue weighted by atomic mass is 79.9. The number of anilines is 2. The summed E-state index contributed by atoms with van der Waals surface area (Å²) in [5, 5.41) is 4.35. The number of nitrogens with one attached hydrogen (secondary N) is 1. The highest BCUT2D eigenvalue weighted by Gasteiger charge is 2.31. The number of benzene rings is 2. The minimum atomic E-state index is -3.60. The quantitative estimate of drug-likeness (QED) is 0.392.